The Balaban J connectivity index is 1.61. The van der Waals surface area contributed by atoms with Gasteiger partial charge in [-0.25, -0.2) is 0 Å². The normalized spacial score (nSPS) is 14.6. The summed E-state index contributed by atoms with van der Waals surface area (Å²) in [6, 6.07) is 47.5. The molecule has 0 N–H and O–H groups in total. The number of hydrogen-bond donors (Lipinski definition) is 0. The van der Waals surface area contributed by atoms with Gasteiger partial charge in [0.15, 0.2) is 0 Å². The van der Waals surface area contributed by atoms with E-state index in [-0.39, 0.29) is 18.2 Å². The third-order valence-electron chi connectivity index (χ3n) is 11.7. The SMILES string of the molecule is CC(C)(C)c1cc2c(cc1-c1ccccc1)[CH]([Hf]([Cl])([Cl])(=[C](c1ccc(Cl)cc1)c1ccc(Cl)cc1)[CH]1C=CC=C1)c1cc(-c3ccccc3)c(C(C)(C)C)cc1-2. The molecule has 282 valence electrons. The number of benzene rings is 6. The fraction of sp³-hybridized carbons (Fsp3) is 0.196. The van der Waals surface area contributed by atoms with Gasteiger partial charge < -0.3 is 0 Å². The Morgan fingerprint density at radius 3 is 1.21 bits per heavy atom. The summed E-state index contributed by atoms with van der Waals surface area (Å²) in [6.07, 6.45) is 8.70. The molecule has 6 aromatic carbocycles. The van der Waals surface area contributed by atoms with Crippen molar-refractivity contribution in [3.05, 3.63) is 201 Å². The number of fused-ring (bicyclic) bond motifs is 3. The summed E-state index contributed by atoms with van der Waals surface area (Å²) in [7, 11) is 18.0. The summed E-state index contributed by atoms with van der Waals surface area (Å²) >= 11 is 7.25. The number of allylic oxidation sites excluding steroid dienone is 4. The molecule has 0 spiro atoms. The summed E-state index contributed by atoms with van der Waals surface area (Å²) in [5.41, 5.74) is 13.8. The second-order valence-electron chi connectivity index (χ2n) is 17.5. The monoisotopic (exact) mass is 978 g/mol. The van der Waals surface area contributed by atoms with Crippen molar-refractivity contribution in [3.8, 4) is 33.4 Å². The van der Waals surface area contributed by atoms with Gasteiger partial charge in [0.2, 0.25) is 0 Å². The van der Waals surface area contributed by atoms with Gasteiger partial charge in [-0.3, -0.25) is 0 Å². The topological polar surface area (TPSA) is 0 Å². The molecule has 0 saturated carbocycles. The fourth-order valence-corrected chi connectivity index (χ4v) is 37.1. The van der Waals surface area contributed by atoms with Crippen molar-refractivity contribution in [2.75, 3.05) is 0 Å². The van der Waals surface area contributed by atoms with Crippen LogP contribution in [0.15, 0.2) is 158 Å². The molecule has 5 heteroatoms. The molecule has 0 aliphatic heterocycles. The van der Waals surface area contributed by atoms with Crippen LogP contribution in [0.3, 0.4) is 0 Å². The van der Waals surface area contributed by atoms with Crippen molar-refractivity contribution in [1.29, 1.82) is 0 Å². The Labute approximate surface area is 350 Å². The molecular formula is C51H46Cl4Hf. The average molecular weight is 979 g/mol. The number of halogens is 4. The molecule has 0 heterocycles. The summed E-state index contributed by atoms with van der Waals surface area (Å²) in [5.74, 6) is 0. The molecule has 8 rings (SSSR count). The van der Waals surface area contributed by atoms with E-state index in [1.807, 2.05) is 24.3 Å². The molecular weight excluding hydrogens is 933 g/mol. The molecule has 0 fully saturated rings. The minimum absolute atomic E-state index is 0.142. The van der Waals surface area contributed by atoms with Crippen molar-refractivity contribution >= 4 is 43.6 Å². The molecule has 0 nitrogen and oxygen atoms in total. The van der Waals surface area contributed by atoms with Crippen molar-refractivity contribution in [2.45, 2.75) is 59.7 Å². The van der Waals surface area contributed by atoms with Gasteiger partial charge in [-0.1, -0.05) is 0 Å². The first-order valence-corrected chi connectivity index (χ1v) is 35.0. The van der Waals surface area contributed by atoms with Gasteiger partial charge in [-0.2, -0.15) is 0 Å². The predicted octanol–water partition coefficient (Wildman–Crippen LogP) is 16.2. The molecule has 56 heavy (non-hydrogen) atoms. The van der Waals surface area contributed by atoms with Crippen LogP contribution >= 0.6 is 40.4 Å². The zero-order valence-electron chi connectivity index (χ0n) is 32.7. The van der Waals surface area contributed by atoms with Gasteiger partial charge in [-0.05, 0) is 0 Å². The molecule has 0 atom stereocenters. The zero-order valence-corrected chi connectivity index (χ0v) is 39.3. The summed E-state index contributed by atoms with van der Waals surface area (Å²) in [4.78, 5) is 0. The second-order valence-corrected chi connectivity index (χ2v) is 47.8. The third-order valence-corrected chi connectivity index (χ3v) is 40.3. The zero-order chi connectivity index (χ0) is 39.6. The van der Waals surface area contributed by atoms with E-state index in [4.69, 9.17) is 40.4 Å². The van der Waals surface area contributed by atoms with E-state index in [0.717, 1.165) is 14.4 Å². The van der Waals surface area contributed by atoms with E-state index in [1.165, 1.54) is 55.6 Å². The van der Waals surface area contributed by atoms with E-state index in [0.29, 0.717) is 10.0 Å². The van der Waals surface area contributed by atoms with Crippen LogP contribution in [0.1, 0.15) is 78.6 Å². The summed E-state index contributed by atoms with van der Waals surface area (Å²) in [6.45, 7) is 13.9. The Bertz CT molecular complexity index is 2430. The maximum absolute atomic E-state index is 9.01. The molecule has 0 amide bonds. The van der Waals surface area contributed by atoms with Crippen LogP contribution in [0.5, 0.6) is 0 Å². The third kappa shape index (κ3) is 6.80. The molecule has 0 bridgehead atoms. The standard InChI is InChI=1S/C33H33.C13H8Cl2.C5H5.2ClH.Hf/c1-32(2,3)30-20-26-24(18-28(30)22-13-9-7-10-14-22)17-25-19-29(23-15-11-8-12-16-23)31(21-27(25)26)33(4,5)6;14-12-5-1-10(2-6-12)9-11-3-7-13(15)8-4-11;1-2-4-5-3-1;;;/h7-21H,1-6H3;1-8H;1-5H;2*1H;/q;;;;;+2/p-2. The minimum atomic E-state index is -5.90. The van der Waals surface area contributed by atoms with Crippen molar-refractivity contribution in [2.24, 2.45) is 0 Å². The number of hydrogen-bond acceptors (Lipinski definition) is 0. The molecule has 0 unspecified atom stereocenters. The van der Waals surface area contributed by atoms with Crippen LogP contribution in [0.4, 0.5) is 0 Å². The first-order chi connectivity index (χ1) is 26.5. The van der Waals surface area contributed by atoms with Crippen molar-refractivity contribution in [1.82, 2.24) is 0 Å². The van der Waals surface area contributed by atoms with Gasteiger partial charge in [0.05, 0.1) is 0 Å². The Kier molecular flexibility index (Phi) is 10.2. The molecule has 6 aromatic rings. The van der Waals surface area contributed by atoms with Crippen LogP contribution in [0.25, 0.3) is 33.4 Å². The molecule has 0 radical (unpaired) electrons. The Hall–Kier alpha value is -3.30. The van der Waals surface area contributed by atoms with E-state index >= 15 is 0 Å². The van der Waals surface area contributed by atoms with Gasteiger partial charge in [0, 0.05) is 0 Å². The molecule has 2 aliphatic rings. The summed E-state index contributed by atoms with van der Waals surface area (Å²) < 4.78 is 0.489. The van der Waals surface area contributed by atoms with E-state index in [1.54, 1.807) is 0 Å². The van der Waals surface area contributed by atoms with Gasteiger partial charge in [0.25, 0.3) is 0 Å². The van der Waals surface area contributed by atoms with Crippen LogP contribution in [0.2, 0.25) is 13.7 Å². The Morgan fingerprint density at radius 1 is 0.482 bits per heavy atom. The van der Waals surface area contributed by atoms with Crippen LogP contribution < -0.4 is 0 Å². The van der Waals surface area contributed by atoms with Crippen LogP contribution in [-0.4, -0.2) is 3.26 Å². The van der Waals surface area contributed by atoms with Crippen molar-refractivity contribution in [3.63, 3.8) is 0 Å². The Morgan fingerprint density at radius 2 is 0.857 bits per heavy atom. The molecule has 2 aliphatic carbocycles. The molecule has 0 aromatic heterocycles. The number of rotatable bonds is 6. The van der Waals surface area contributed by atoms with Crippen molar-refractivity contribution < 1.29 is 15.7 Å². The maximum atomic E-state index is 9.01. The fourth-order valence-electron chi connectivity index (χ4n) is 9.11. The first-order valence-electron chi connectivity index (χ1n) is 19.4. The first kappa shape index (κ1) is 39.5. The second kappa shape index (κ2) is 14.5. The van der Waals surface area contributed by atoms with Crippen LogP contribution in [0, 0.1) is 0 Å². The summed E-state index contributed by atoms with van der Waals surface area (Å²) in [5, 5.41) is 1.32. The van der Waals surface area contributed by atoms with Crippen LogP contribution in [-0.2, 0) is 26.5 Å². The van der Waals surface area contributed by atoms with Gasteiger partial charge in [-0.15, -0.1) is 0 Å². The van der Waals surface area contributed by atoms with E-state index in [9.17, 15) is 0 Å². The quantitative estimate of drug-likeness (QED) is 0.146. The predicted molar refractivity (Wildman–Crippen MR) is 242 cm³/mol. The molecule has 0 saturated heterocycles. The van der Waals surface area contributed by atoms with E-state index in [2.05, 4.69) is 175 Å². The van der Waals surface area contributed by atoms with Gasteiger partial charge in [0.1, 0.15) is 0 Å². The van der Waals surface area contributed by atoms with E-state index < -0.39 is 15.7 Å². The average Bonchev–Trinajstić information content (AvgIpc) is 3.84. The van der Waals surface area contributed by atoms with Gasteiger partial charge >= 0.3 is 354 Å².